The SMILES string of the molecule is O=C(NCCOc1ccc2c(c1)CCC2)c1nnn(-c2ccccc2)c1C1CC1. The van der Waals surface area contributed by atoms with Gasteiger partial charge in [0.2, 0.25) is 0 Å². The smallest absolute Gasteiger partial charge is 0.273 e. The lowest BCUT2D eigenvalue weighted by Crippen LogP contribution is -2.29. The summed E-state index contributed by atoms with van der Waals surface area (Å²) in [5, 5.41) is 11.4. The van der Waals surface area contributed by atoms with E-state index in [0.717, 1.165) is 36.4 Å². The van der Waals surface area contributed by atoms with Crippen LogP contribution in [0.4, 0.5) is 0 Å². The van der Waals surface area contributed by atoms with Crippen LogP contribution in [0.5, 0.6) is 5.75 Å². The monoisotopic (exact) mass is 388 g/mol. The number of nitrogens with one attached hydrogen (secondary N) is 1. The Morgan fingerprint density at radius 2 is 1.93 bits per heavy atom. The van der Waals surface area contributed by atoms with Crippen molar-refractivity contribution in [1.29, 1.82) is 0 Å². The molecule has 1 N–H and O–H groups in total. The van der Waals surface area contributed by atoms with Crippen LogP contribution in [0.1, 0.15) is 52.5 Å². The number of benzene rings is 2. The van der Waals surface area contributed by atoms with E-state index >= 15 is 0 Å². The van der Waals surface area contributed by atoms with Crippen LogP contribution in [-0.4, -0.2) is 34.1 Å². The Bertz CT molecular complexity index is 1020. The molecule has 1 aromatic heterocycles. The molecule has 0 aliphatic heterocycles. The number of para-hydroxylation sites is 1. The third-order valence-corrected chi connectivity index (χ3v) is 5.61. The van der Waals surface area contributed by atoms with Gasteiger partial charge < -0.3 is 10.1 Å². The molecule has 0 spiro atoms. The zero-order valence-electron chi connectivity index (χ0n) is 16.3. The van der Waals surface area contributed by atoms with Gasteiger partial charge in [0.05, 0.1) is 17.9 Å². The van der Waals surface area contributed by atoms with Gasteiger partial charge in [0.25, 0.3) is 5.91 Å². The number of hydrogen-bond donors (Lipinski definition) is 1. The van der Waals surface area contributed by atoms with Gasteiger partial charge in [0, 0.05) is 5.92 Å². The lowest BCUT2D eigenvalue weighted by Gasteiger charge is -2.10. The average Bonchev–Trinajstić information content (AvgIpc) is 3.32. The molecule has 1 fully saturated rings. The van der Waals surface area contributed by atoms with E-state index in [9.17, 15) is 4.79 Å². The molecular formula is C23H24N4O2. The zero-order valence-corrected chi connectivity index (χ0v) is 16.3. The molecule has 0 unspecified atom stereocenters. The lowest BCUT2D eigenvalue weighted by molar-refractivity contribution is 0.0941. The summed E-state index contributed by atoms with van der Waals surface area (Å²) < 4.78 is 7.63. The van der Waals surface area contributed by atoms with E-state index in [1.54, 1.807) is 4.68 Å². The van der Waals surface area contributed by atoms with Gasteiger partial charge in [-0.2, -0.15) is 0 Å². The van der Waals surface area contributed by atoms with E-state index in [1.807, 2.05) is 36.4 Å². The molecule has 6 nitrogen and oxygen atoms in total. The summed E-state index contributed by atoms with van der Waals surface area (Å²) in [7, 11) is 0. The number of carbonyl (C=O) groups excluding carboxylic acids is 1. The van der Waals surface area contributed by atoms with Crippen LogP contribution in [0.2, 0.25) is 0 Å². The van der Waals surface area contributed by atoms with Crippen molar-refractivity contribution in [3.05, 3.63) is 71.0 Å². The Balaban J connectivity index is 1.22. The topological polar surface area (TPSA) is 69.0 Å². The van der Waals surface area contributed by atoms with Crippen molar-refractivity contribution in [2.75, 3.05) is 13.2 Å². The normalized spacial score (nSPS) is 15.2. The third-order valence-electron chi connectivity index (χ3n) is 5.61. The average molecular weight is 388 g/mol. The second-order valence-electron chi connectivity index (χ2n) is 7.73. The summed E-state index contributed by atoms with van der Waals surface area (Å²) >= 11 is 0. The molecule has 2 aliphatic carbocycles. The maximum absolute atomic E-state index is 12.7. The molecule has 1 heterocycles. The van der Waals surface area contributed by atoms with Crippen molar-refractivity contribution in [1.82, 2.24) is 20.3 Å². The number of fused-ring (bicyclic) bond motifs is 1. The van der Waals surface area contributed by atoms with Crippen LogP contribution in [0.3, 0.4) is 0 Å². The Hall–Kier alpha value is -3.15. The van der Waals surface area contributed by atoms with Crippen molar-refractivity contribution in [2.24, 2.45) is 0 Å². The number of amides is 1. The molecule has 0 bridgehead atoms. The Kier molecular flexibility index (Phi) is 4.76. The van der Waals surface area contributed by atoms with Gasteiger partial charge in [-0.15, -0.1) is 5.10 Å². The largest absolute Gasteiger partial charge is 0.492 e. The molecule has 0 radical (unpaired) electrons. The minimum Gasteiger partial charge on any atom is -0.492 e. The van der Waals surface area contributed by atoms with Gasteiger partial charge in [0.1, 0.15) is 12.4 Å². The molecular weight excluding hydrogens is 364 g/mol. The van der Waals surface area contributed by atoms with E-state index < -0.39 is 0 Å². The highest BCUT2D eigenvalue weighted by Crippen LogP contribution is 2.41. The second kappa shape index (κ2) is 7.70. The summed E-state index contributed by atoms with van der Waals surface area (Å²) in [6, 6.07) is 16.1. The number of rotatable bonds is 7. The molecule has 1 amide bonds. The van der Waals surface area contributed by atoms with Crippen LogP contribution < -0.4 is 10.1 Å². The first kappa shape index (κ1) is 17.9. The fourth-order valence-corrected chi connectivity index (χ4v) is 3.99. The predicted octanol–water partition coefficient (Wildman–Crippen LogP) is 3.44. The van der Waals surface area contributed by atoms with E-state index in [-0.39, 0.29) is 5.91 Å². The van der Waals surface area contributed by atoms with E-state index in [2.05, 4.69) is 27.8 Å². The highest BCUT2D eigenvalue weighted by atomic mass is 16.5. The Morgan fingerprint density at radius 1 is 1.10 bits per heavy atom. The number of aryl methyl sites for hydroxylation is 2. The van der Waals surface area contributed by atoms with E-state index in [4.69, 9.17) is 4.74 Å². The van der Waals surface area contributed by atoms with Crippen LogP contribution in [-0.2, 0) is 12.8 Å². The number of nitrogens with zero attached hydrogens (tertiary/aromatic N) is 3. The summed E-state index contributed by atoms with van der Waals surface area (Å²) in [4.78, 5) is 12.7. The molecule has 29 heavy (non-hydrogen) atoms. The predicted molar refractivity (Wildman–Crippen MR) is 110 cm³/mol. The number of hydrogen-bond acceptors (Lipinski definition) is 4. The maximum atomic E-state index is 12.7. The van der Waals surface area contributed by atoms with Gasteiger partial charge in [0.15, 0.2) is 5.69 Å². The van der Waals surface area contributed by atoms with Crippen molar-refractivity contribution in [3.8, 4) is 11.4 Å². The van der Waals surface area contributed by atoms with Gasteiger partial charge >= 0.3 is 0 Å². The van der Waals surface area contributed by atoms with Crippen LogP contribution in [0.15, 0.2) is 48.5 Å². The fourth-order valence-electron chi connectivity index (χ4n) is 3.99. The quantitative estimate of drug-likeness (QED) is 0.630. The molecule has 1 saturated carbocycles. The van der Waals surface area contributed by atoms with Crippen molar-refractivity contribution in [2.45, 2.75) is 38.0 Å². The van der Waals surface area contributed by atoms with Crippen LogP contribution >= 0.6 is 0 Å². The first-order valence-corrected chi connectivity index (χ1v) is 10.3. The zero-order chi connectivity index (χ0) is 19.6. The molecule has 0 saturated heterocycles. The molecule has 148 valence electrons. The van der Waals surface area contributed by atoms with Crippen LogP contribution in [0.25, 0.3) is 5.69 Å². The number of carbonyl (C=O) groups is 1. The highest BCUT2D eigenvalue weighted by Gasteiger charge is 2.34. The first-order chi connectivity index (χ1) is 14.3. The molecule has 0 atom stereocenters. The molecule has 6 heteroatoms. The summed E-state index contributed by atoms with van der Waals surface area (Å²) in [5.74, 6) is 1.04. The highest BCUT2D eigenvalue weighted by molar-refractivity contribution is 5.93. The molecule has 2 aliphatic rings. The molecule has 5 rings (SSSR count). The summed E-state index contributed by atoms with van der Waals surface area (Å²) in [6.45, 7) is 0.855. The van der Waals surface area contributed by atoms with Gasteiger partial charge in [-0.25, -0.2) is 4.68 Å². The number of ether oxygens (including phenoxy) is 1. The van der Waals surface area contributed by atoms with Gasteiger partial charge in [-0.1, -0.05) is 29.5 Å². The minimum atomic E-state index is -0.188. The van der Waals surface area contributed by atoms with Gasteiger partial charge in [-0.05, 0) is 67.5 Å². The summed E-state index contributed by atoms with van der Waals surface area (Å²) in [5.41, 5.74) is 5.08. The molecule has 3 aromatic rings. The van der Waals surface area contributed by atoms with E-state index in [0.29, 0.717) is 24.8 Å². The Morgan fingerprint density at radius 3 is 2.76 bits per heavy atom. The third kappa shape index (κ3) is 3.75. The molecule has 2 aromatic carbocycles. The van der Waals surface area contributed by atoms with Gasteiger partial charge in [-0.3, -0.25) is 4.79 Å². The number of aromatic nitrogens is 3. The van der Waals surface area contributed by atoms with Crippen LogP contribution in [0, 0.1) is 0 Å². The lowest BCUT2D eigenvalue weighted by atomic mass is 10.1. The standard InChI is InChI=1S/C23H24N4O2/c28-23(24-13-14-29-20-12-11-16-5-4-6-18(16)15-20)21-22(17-9-10-17)27(26-25-21)19-7-2-1-3-8-19/h1-3,7-8,11-12,15,17H,4-6,9-10,13-14H2,(H,24,28). The summed E-state index contributed by atoms with van der Waals surface area (Å²) in [6.07, 6.45) is 5.66. The minimum absolute atomic E-state index is 0.188. The van der Waals surface area contributed by atoms with Crippen molar-refractivity contribution >= 4 is 5.91 Å². The maximum Gasteiger partial charge on any atom is 0.273 e. The van der Waals surface area contributed by atoms with Crippen molar-refractivity contribution in [3.63, 3.8) is 0 Å². The van der Waals surface area contributed by atoms with Crippen molar-refractivity contribution < 1.29 is 9.53 Å². The second-order valence-corrected chi connectivity index (χ2v) is 7.73. The van der Waals surface area contributed by atoms with E-state index in [1.165, 1.54) is 24.0 Å². The first-order valence-electron chi connectivity index (χ1n) is 10.3. The Labute approximate surface area is 169 Å². The fraction of sp³-hybridized carbons (Fsp3) is 0.348.